The van der Waals surface area contributed by atoms with Gasteiger partial charge in [0.1, 0.15) is 6.10 Å². The molecule has 0 aliphatic rings. The largest absolute Gasteiger partial charge is 0.460 e. The third kappa shape index (κ3) is 12.7. The molecule has 0 aromatic carbocycles. The van der Waals surface area contributed by atoms with Gasteiger partial charge in [0.05, 0.1) is 12.2 Å². The van der Waals surface area contributed by atoms with Crippen LogP contribution in [0, 0.1) is 17.8 Å². The van der Waals surface area contributed by atoms with E-state index >= 15 is 0 Å². The van der Waals surface area contributed by atoms with Crippen LogP contribution < -0.4 is 0 Å². The lowest BCUT2D eigenvalue weighted by Crippen LogP contribution is -2.45. The van der Waals surface area contributed by atoms with Crippen LogP contribution in [0.2, 0.25) is 18.1 Å². The van der Waals surface area contributed by atoms with E-state index in [9.17, 15) is 9.59 Å². The second-order valence-corrected chi connectivity index (χ2v) is 17.6. The molecule has 0 N–H and O–H groups in total. The van der Waals surface area contributed by atoms with Crippen LogP contribution in [0.3, 0.4) is 0 Å². The first kappa shape index (κ1) is 38.7. The summed E-state index contributed by atoms with van der Waals surface area (Å²) < 4.78 is 29.8. The number of carbonyl (C=O) groups excluding carboxylic acids is 2. The van der Waals surface area contributed by atoms with Crippen molar-refractivity contribution < 1.29 is 33.0 Å². The number of methoxy groups -OCH3 is 3. The first-order chi connectivity index (χ1) is 18.5. The monoisotopic (exact) mass is 587 g/mol. The van der Waals surface area contributed by atoms with Crippen molar-refractivity contribution >= 4 is 20.7 Å². The second-order valence-electron chi connectivity index (χ2n) is 12.9. The Kier molecular flexibility index (Phi) is 17.7. The maximum absolute atomic E-state index is 12.8. The molecule has 0 rings (SSSR count). The summed E-state index contributed by atoms with van der Waals surface area (Å²) in [6.45, 7) is 21.5. The molecule has 0 spiro atoms. The van der Waals surface area contributed by atoms with Gasteiger partial charge in [-0.2, -0.15) is 0 Å². The van der Waals surface area contributed by atoms with Gasteiger partial charge >= 0.3 is 5.97 Å². The molecule has 8 nitrogen and oxygen atoms in total. The van der Waals surface area contributed by atoms with E-state index in [0.717, 1.165) is 25.7 Å². The zero-order chi connectivity index (χ0) is 31.3. The molecule has 0 radical (unpaired) electrons. The summed E-state index contributed by atoms with van der Waals surface area (Å²) in [4.78, 5) is 25.2. The molecule has 0 aliphatic heterocycles. The predicted molar refractivity (Wildman–Crippen MR) is 165 cm³/mol. The number of hydrogen-bond donors (Lipinski definition) is 0. The molecule has 0 bridgehead atoms. The fourth-order valence-electron chi connectivity index (χ4n) is 4.63. The molecule has 0 fully saturated rings. The number of ether oxygens (including phenoxy) is 4. The van der Waals surface area contributed by atoms with E-state index in [1.807, 2.05) is 13.0 Å². The number of esters is 1. The van der Waals surface area contributed by atoms with Crippen molar-refractivity contribution in [3.8, 4) is 0 Å². The summed E-state index contributed by atoms with van der Waals surface area (Å²) in [6.07, 6.45) is 6.56. The summed E-state index contributed by atoms with van der Waals surface area (Å²) in [6, 6.07) is 0. The average Bonchev–Trinajstić information content (AvgIpc) is 2.90. The van der Waals surface area contributed by atoms with Gasteiger partial charge in [-0.3, -0.25) is 4.79 Å². The van der Waals surface area contributed by atoms with E-state index < -0.39 is 14.4 Å². The van der Waals surface area contributed by atoms with Crippen molar-refractivity contribution in [3.63, 3.8) is 0 Å². The van der Waals surface area contributed by atoms with Crippen molar-refractivity contribution in [3.05, 3.63) is 12.3 Å². The maximum Gasteiger partial charge on any atom is 0.335 e. The Hall–Kier alpha value is -1.26. The minimum Gasteiger partial charge on any atom is -0.460 e. The average molecular weight is 588 g/mol. The summed E-state index contributed by atoms with van der Waals surface area (Å²) >= 11 is 0. The zero-order valence-corrected chi connectivity index (χ0v) is 29.0. The van der Waals surface area contributed by atoms with E-state index in [1.165, 1.54) is 12.0 Å². The van der Waals surface area contributed by atoms with Gasteiger partial charge in [-0.15, -0.1) is 0 Å². The molecular weight excluding hydrogens is 526 g/mol. The van der Waals surface area contributed by atoms with E-state index in [4.69, 9.17) is 23.4 Å². The van der Waals surface area contributed by atoms with Crippen LogP contribution >= 0.6 is 0 Å². The highest BCUT2D eigenvalue weighted by Gasteiger charge is 2.40. The normalized spacial score (nSPS) is 18.9. The second kappa shape index (κ2) is 18.3. The molecule has 8 unspecified atom stereocenters. The molecule has 8 atom stereocenters. The Morgan fingerprint density at radius 1 is 0.950 bits per heavy atom. The number of carbonyl (C=O) groups is 2. The molecule has 0 saturated carbocycles. The van der Waals surface area contributed by atoms with E-state index in [2.05, 4.69) is 54.6 Å². The topological polar surface area (TPSA) is 83.5 Å². The Morgan fingerprint density at radius 2 is 1.55 bits per heavy atom. The molecule has 236 valence electrons. The van der Waals surface area contributed by atoms with Crippen LogP contribution in [0.1, 0.15) is 81.1 Å². The summed E-state index contributed by atoms with van der Waals surface area (Å²) in [7, 11) is 4.73. The molecule has 0 heterocycles. The highest BCUT2D eigenvalue weighted by molar-refractivity contribution is 6.74. The van der Waals surface area contributed by atoms with E-state index in [-0.39, 0.29) is 53.2 Å². The van der Waals surface area contributed by atoms with Crippen molar-refractivity contribution in [2.75, 3.05) is 28.4 Å². The number of amides is 1. The Bertz CT molecular complexity index is 754. The first-order valence-corrected chi connectivity index (χ1v) is 17.7. The number of hydrogen-bond acceptors (Lipinski definition) is 7. The van der Waals surface area contributed by atoms with Crippen molar-refractivity contribution in [2.24, 2.45) is 17.8 Å². The van der Waals surface area contributed by atoms with Gasteiger partial charge in [0.15, 0.2) is 14.4 Å². The van der Waals surface area contributed by atoms with Crippen LogP contribution in [0.15, 0.2) is 12.3 Å². The van der Waals surface area contributed by atoms with Crippen LogP contribution in [0.4, 0.5) is 0 Å². The minimum absolute atomic E-state index is 0.00889. The van der Waals surface area contributed by atoms with E-state index in [0.29, 0.717) is 6.42 Å². The van der Waals surface area contributed by atoms with Gasteiger partial charge < -0.3 is 28.3 Å². The number of rotatable bonds is 20. The van der Waals surface area contributed by atoms with Crippen LogP contribution in [0.25, 0.3) is 0 Å². The van der Waals surface area contributed by atoms with Gasteiger partial charge in [-0.05, 0) is 56.7 Å². The molecule has 0 aromatic rings. The molecule has 9 heteroatoms. The standard InChI is InChI=1S/C31H61NO7Si/c1-15-26(39-40(13,14)31(6,7)8)20-28(36-11)22(2)16-17-27(38-30(34)25(5)35-10)24(4)29(37-12)23(3)18-19-32(9)21-33/h18-19,21-29H,15-17,20H2,1-14H3/b19-18+. The Labute approximate surface area is 246 Å². The fourth-order valence-corrected chi connectivity index (χ4v) is 6.08. The summed E-state index contributed by atoms with van der Waals surface area (Å²) in [5.41, 5.74) is 0. The third-order valence-electron chi connectivity index (χ3n) is 8.70. The van der Waals surface area contributed by atoms with Crippen molar-refractivity contribution in [1.29, 1.82) is 0 Å². The van der Waals surface area contributed by atoms with Gasteiger partial charge in [0.2, 0.25) is 6.41 Å². The van der Waals surface area contributed by atoms with E-state index in [1.54, 1.807) is 34.4 Å². The summed E-state index contributed by atoms with van der Waals surface area (Å²) in [5.74, 6) is -0.263. The molecule has 0 saturated heterocycles. The smallest absolute Gasteiger partial charge is 0.335 e. The highest BCUT2D eigenvalue weighted by atomic mass is 28.4. The highest BCUT2D eigenvalue weighted by Crippen LogP contribution is 2.38. The summed E-state index contributed by atoms with van der Waals surface area (Å²) in [5, 5.41) is 0.147. The molecule has 40 heavy (non-hydrogen) atoms. The van der Waals surface area contributed by atoms with Gasteiger partial charge in [-0.25, -0.2) is 4.79 Å². The predicted octanol–water partition coefficient (Wildman–Crippen LogP) is 6.44. The SMILES string of the molecule is CCC(CC(OC)C(C)CCC(OC(=O)C(C)OC)C(C)C(OC)C(C)/C=C/N(C)C=O)O[Si](C)(C)C(C)(C)C. The Balaban J connectivity index is 5.71. The third-order valence-corrected chi connectivity index (χ3v) is 13.2. The molecular formula is C31H61NO7Si. The minimum atomic E-state index is -1.90. The molecule has 0 aromatic heterocycles. The Morgan fingerprint density at radius 3 is 2.00 bits per heavy atom. The van der Waals surface area contributed by atoms with Gasteiger partial charge in [0.25, 0.3) is 0 Å². The van der Waals surface area contributed by atoms with Crippen LogP contribution in [-0.2, 0) is 33.0 Å². The van der Waals surface area contributed by atoms with Crippen molar-refractivity contribution in [2.45, 2.75) is 130 Å². The van der Waals surface area contributed by atoms with Crippen LogP contribution in [-0.4, -0.2) is 84.5 Å². The number of nitrogens with zero attached hydrogens (tertiary/aromatic N) is 1. The van der Waals surface area contributed by atoms with Gasteiger partial charge in [0, 0.05) is 52.5 Å². The first-order valence-electron chi connectivity index (χ1n) is 14.8. The van der Waals surface area contributed by atoms with Gasteiger partial charge in [-0.1, -0.05) is 54.5 Å². The fraction of sp³-hybridized carbons (Fsp3) is 0.871. The molecule has 1 amide bonds. The lowest BCUT2D eigenvalue weighted by atomic mass is 9.84. The van der Waals surface area contributed by atoms with Crippen molar-refractivity contribution in [1.82, 2.24) is 4.90 Å². The van der Waals surface area contributed by atoms with Crippen LogP contribution in [0.5, 0.6) is 0 Å². The lowest BCUT2D eigenvalue weighted by Gasteiger charge is -2.40. The quantitative estimate of drug-likeness (QED) is 0.0920. The molecule has 0 aliphatic carbocycles. The zero-order valence-electron chi connectivity index (χ0n) is 28.0. The lowest BCUT2D eigenvalue weighted by molar-refractivity contribution is -0.166. The maximum atomic E-state index is 12.8.